The van der Waals surface area contributed by atoms with Crippen molar-refractivity contribution in [2.75, 3.05) is 12.3 Å². The van der Waals surface area contributed by atoms with E-state index in [4.69, 9.17) is 0 Å². The molecule has 0 fully saturated rings. The van der Waals surface area contributed by atoms with Crippen LogP contribution in [0.15, 0.2) is 16.6 Å². The van der Waals surface area contributed by atoms with Crippen LogP contribution in [-0.2, 0) is 12.2 Å². The summed E-state index contributed by atoms with van der Waals surface area (Å²) in [6, 6.07) is 5.03. The number of halogens is 1. The first kappa shape index (κ1) is 16.1. The Labute approximate surface area is 147 Å². The van der Waals surface area contributed by atoms with Gasteiger partial charge in [-0.1, -0.05) is 6.92 Å². The lowest BCUT2D eigenvalue weighted by Crippen LogP contribution is -2.21. The third-order valence-corrected chi connectivity index (χ3v) is 7.97. The molecule has 1 aliphatic rings. The molecule has 21 heavy (non-hydrogen) atoms. The van der Waals surface area contributed by atoms with Crippen LogP contribution in [0.5, 0.6) is 0 Å². The molecule has 1 aliphatic heterocycles. The second-order valence-electron chi connectivity index (χ2n) is 5.36. The second kappa shape index (κ2) is 7.18. The van der Waals surface area contributed by atoms with Crippen molar-refractivity contribution in [1.82, 2.24) is 5.32 Å². The van der Waals surface area contributed by atoms with Crippen LogP contribution in [0, 0.1) is 6.92 Å². The van der Waals surface area contributed by atoms with E-state index in [1.807, 2.05) is 22.7 Å². The Morgan fingerprint density at radius 2 is 2.19 bits per heavy atom. The number of nitrogens with one attached hydrogen (secondary N) is 1. The highest BCUT2D eigenvalue weighted by Crippen LogP contribution is 2.41. The van der Waals surface area contributed by atoms with Crippen molar-refractivity contribution in [2.45, 2.75) is 38.5 Å². The van der Waals surface area contributed by atoms with Crippen molar-refractivity contribution in [3.05, 3.63) is 41.7 Å². The molecule has 0 saturated carbocycles. The molecular formula is C16H20BrNS3. The predicted molar refractivity (Wildman–Crippen MR) is 101 cm³/mol. The Kier molecular flexibility index (Phi) is 5.49. The molecule has 1 nitrogen and oxygen atoms in total. The summed E-state index contributed by atoms with van der Waals surface area (Å²) in [6.07, 6.45) is 2.41. The molecule has 0 amide bonds. The van der Waals surface area contributed by atoms with Crippen LogP contribution < -0.4 is 5.32 Å². The highest BCUT2D eigenvalue weighted by atomic mass is 79.9. The second-order valence-corrected chi connectivity index (χ2v) is 9.77. The molecule has 1 atom stereocenters. The third-order valence-electron chi connectivity index (χ3n) is 3.63. The topological polar surface area (TPSA) is 12.0 Å². The normalized spacial score (nSPS) is 16.0. The van der Waals surface area contributed by atoms with Gasteiger partial charge in [0.2, 0.25) is 0 Å². The summed E-state index contributed by atoms with van der Waals surface area (Å²) >= 11 is 9.74. The maximum absolute atomic E-state index is 3.75. The Bertz CT molecular complexity index is 594. The fourth-order valence-corrected chi connectivity index (χ4v) is 7.13. The minimum absolute atomic E-state index is 0.346. The largest absolute Gasteiger partial charge is 0.305 e. The minimum Gasteiger partial charge on any atom is -0.305 e. The van der Waals surface area contributed by atoms with Gasteiger partial charge in [-0.3, -0.25) is 0 Å². The third kappa shape index (κ3) is 3.58. The van der Waals surface area contributed by atoms with Gasteiger partial charge < -0.3 is 5.32 Å². The highest BCUT2D eigenvalue weighted by Gasteiger charge is 2.23. The first-order valence-electron chi connectivity index (χ1n) is 7.37. The smallest absolute Gasteiger partial charge is 0.0776 e. The lowest BCUT2D eigenvalue weighted by Gasteiger charge is -2.16. The Morgan fingerprint density at radius 1 is 1.33 bits per heavy atom. The summed E-state index contributed by atoms with van der Waals surface area (Å²) in [6.45, 7) is 5.48. The van der Waals surface area contributed by atoms with Gasteiger partial charge in [0.25, 0.3) is 0 Å². The fourth-order valence-electron chi connectivity index (χ4n) is 2.62. The van der Waals surface area contributed by atoms with Crippen LogP contribution in [0.2, 0.25) is 0 Å². The number of hydrogen-bond donors (Lipinski definition) is 1. The van der Waals surface area contributed by atoms with Gasteiger partial charge in [-0.05, 0) is 65.7 Å². The number of thiophene rings is 2. The molecule has 0 aromatic carbocycles. The number of fused-ring (bicyclic) bond motifs is 1. The average Bonchev–Trinajstić information content (AvgIpc) is 3.03. The van der Waals surface area contributed by atoms with Crippen LogP contribution in [0.4, 0.5) is 0 Å². The molecule has 3 heterocycles. The van der Waals surface area contributed by atoms with E-state index in [1.54, 1.807) is 10.4 Å². The van der Waals surface area contributed by atoms with Crippen molar-refractivity contribution in [3.8, 4) is 0 Å². The highest BCUT2D eigenvalue weighted by molar-refractivity contribution is 9.10. The van der Waals surface area contributed by atoms with E-state index in [-0.39, 0.29) is 0 Å². The zero-order valence-electron chi connectivity index (χ0n) is 12.4. The summed E-state index contributed by atoms with van der Waals surface area (Å²) < 4.78 is 1.25. The van der Waals surface area contributed by atoms with E-state index in [1.165, 1.54) is 43.5 Å². The van der Waals surface area contributed by atoms with E-state index in [0.29, 0.717) is 6.04 Å². The van der Waals surface area contributed by atoms with Crippen LogP contribution in [0.3, 0.4) is 0 Å². The van der Waals surface area contributed by atoms with Crippen molar-refractivity contribution < 1.29 is 0 Å². The SMILES string of the molecule is CCCNC(c1cc2c(s1)CCSC2)c1sc(C)cc1Br. The molecule has 3 rings (SSSR count). The molecular weight excluding hydrogens is 382 g/mol. The zero-order valence-corrected chi connectivity index (χ0v) is 16.4. The molecule has 1 unspecified atom stereocenters. The molecule has 0 saturated heterocycles. The monoisotopic (exact) mass is 401 g/mol. The Balaban J connectivity index is 1.95. The van der Waals surface area contributed by atoms with Crippen molar-refractivity contribution in [2.24, 2.45) is 0 Å². The number of aryl methyl sites for hydroxylation is 2. The number of rotatable bonds is 5. The number of thioether (sulfide) groups is 1. The molecule has 0 spiro atoms. The fraction of sp³-hybridized carbons (Fsp3) is 0.500. The standard InChI is InChI=1S/C16H20BrNS3/c1-3-5-18-15(16-12(17)7-10(2)20-16)14-8-11-9-19-6-4-13(11)21-14/h7-8,15,18H,3-6,9H2,1-2H3. The van der Waals surface area contributed by atoms with Gasteiger partial charge in [-0.15, -0.1) is 22.7 Å². The summed E-state index contributed by atoms with van der Waals surface area (Å²) in [5.41, 5.74) is 1.57. The van der Waals surface area contributed by atoms with E-state index in [0.717, 1.165) is 6.54 Å². The van der Waals surface area contributed by atoms with Crippen LogP contribution >= 0.6 is 50.4 Å². The zero-order chi connectivity index (χ0) is 14.8. The molecule has 5 heteroatoms. The van der Waals surface area contributed by atoms with Gasteiger partial charge in [0.1, 0.15) is 0 Å². The summed E-state index contributed by atoms with van der Waals surface area (Å²) in [5, 5.41) is 3.75. The summed E-state index contributed by atoms with van der Waals surface area (Å²) in [4.78, 5) is 5.89. The van der Waals surface area contributed by atoms with Crippen LogP contribution in [0.25, 0.3) is 0 Å². The molecule has 0 aliphatic carbocycles. The van der Waals surface area contributed by atoms with E-state index in [9.17, 15) is 0 Å². The minimum atomic E-state index is 0.346. The Morgan fingerprint density at radius 3 is 2.86 bits per heavy atom. The maximum Gasteiger partial charge on any atom is 0.0776 e. The number of hydrogen-bond acceptors (Lipinski definition) is 4. The van der Waals surface area contributed by atoms with Crippen molar-refractivity contribution in [1.29, 1.82) is 0 Å². The molecule has 0 bridgehead atoms. The lowest BCUT2D eigenvalue weighted by molar-refractivity contribution is 0.611. The van der Waals surface area contributed by atoms with E-state index < -0.39 is 0 Å². The van der Waals surface area contributed by atoms with Crippen LogP contribution in [-0.4, -0.2) is 12.3 Å². The first-order valence-corrected chi connectivity index (χ1v) is 11.0. The Hall–Kier alpha value is 0.190. The van der Waals surface area contributed by atoms with E-state index in [2.05, 4.69) is 59.0 Å². The van der Waals surface area contributed by atoms with Crippen molar-refractivity contribution >= 4 is 50.4 Å². The predicted octanol–water partition coefficient (Wildman–Crippen LogP) is 5.76. The summed E-state index contributed by atoms with van der Waals surface area (Å²) in [7, 11) is 0. The average molecular weight is 402 g/mol. The molecule has 114 valence electrons. The van der Waals surface area contributed by atoms with E-state index >= 15 is 0 Å². The first-order chi connectivity index (χ1) is 10.2. The van der Waals surface area contributed by atoms with Gasteiger partial charge in [0, 0.05) is 29.7 Å². The molecule has 2 aromatic heterocycles. The maximum atomic E-state index is 3.75. The van der Waals surface area contributed by atoms with Crippen LogP contribution in [0.1, 0.15) is 44.5 Å². The molecule has 1 N–H and O–H groups in total. The van der Waals surface area contributed by atoms with Gasteiger partial charge in [0.15, 0.2) is 0 Å². The molecule has 0 radical (unpaired) electrons. The molecule has 2 aromatic rings. The van der Waals surface area contributed by atoms with Gasteiger partial charge in [-0.25, -0.2) is 0 Å². The summed E-state index contributed by atoms with van der Waals surface area (Å²) in [5.74, 6) is 2.47. The lowest BCUT2D eigenvalue weighted by atomic mass is 10.1. The van der Waals surface area contributed by atoms with Gasteiger partial charge in [0.05, 0.1) is 6.04 Å². The van der Waals surface area contributed by atoms with Crippen molar-refractivity contribution in [3.63, 3.8) is 0 Å². The quantitative estimate of drug-likeness (QED) is 0.683. The van der Waals surface area contributed by atoms with Gasteiger partial charge >= 0.3 is 0 Å². The van der Waals surface area contributed by atoms with Gasteiger partial charge in [-0.2, -0.15) is 11.8 Å².